The Kier molecular flexibility index (Phi) is 5.47. The van der Waals surface area contributed by atoms with Gasteiger partial charge in [0.25, 0.3) is 0 Å². The van der Waals surface area contributed by atoms with Gasteiger partial charge in [0, 0.05) is 24.8 Å². The van der Waals surface area contributed by atoms with Crippen LogP contribution in [0.1, 0.15) is 50.1 Å². The largest absolute Gasteiger partial charge is 0.465 e. The van der Waals surface area contributed by atoms with Gasteiger partial charge in [-0.05, 0) is 31.4 Å². The highest BCUT2D eigenvalue weighted by Gasteiger charge is 2.54. The quantitative estimate of drug-likeness (QED) is 0.583. The van der Waals surface area contributed by atoms with Crippen LogP contribution in [0.4, 0.5) is 0 Å². The minimum atomic E-state index is -1.43. The summed E-state index contributed by atoms with van der Waals surface area (Å²) in [5.41, 5.74) is 0.224. The normalized spacial score (nSPS) is 15.0. The van der Waals surface area contributed by atoms with Crippen LogP contribution in [0.15, 0.2) is 9.21 Å². The molecular formula is C18H24O6. The predicted molar refractivity (Wildman–Crippen MR) is 86.8 cm³/mol. The summed E-state index contributed by atoms with van der Waals surface area (Å²) >= 11 is 0. The van der Waals surface area contributed by atoms with Crippen LogP contribution in [0.2, 0.25) is 0 Å². The molecule has 24 heavy (non-hydrogen) atoms. The van der Waals surface area contributed by atoms with Crippen LogP contribution in [0.3, 0.4) is 0 Å². The molecule has 0 unspecified atom stereocenters. The van der Waals surface area contributed by atoms with Crippen molar-refractivity contribution in [3.05, 3.63) is 32.9 Å². The molecule has 6 nitrogen and oxygen atoms in total. The topological polar surface area (TPSA) is 82.8 Å². The van der Waals surface area contributed by atoms with E-state index in [1.807, 2.05) is 13.8 Å². The third-order valence-electron chi connectivity index (χ3n) is 4.49. The van der Waals surface area contributed by atoms with Crippen molar-refractivity contribution in [2.45, 2.75) is 53.4 Å². The highest BCUT2D eigenvalue weighted by molar-refractivity contribution is 6.01. The van der Waals surface area contributed by atoms with E-state index in [1.165, 1.54) is 0 Å². The van der Waals surface area contributed by atoms with Crippen LogP contribution in [0.25, 0.3) is 0 Å². The summed E-state index contributed by atoms with van der Waals surface area (Å²) in [6.07, 6.45) is 1.28. The van der Waals surface area contributed by atoms with Gasteiger partial charge in [-0.3, -0.25) is 9.59 Å². The Balaban J connectivity index is 2.60. The zero-order chi connectivity index (χ0) is 17.9. The summed E-state index contributed by atoms with van der Waals surface area (Å²) in [4.78, 5) is 37.4. The molecule has 0 saturated heterocycles. The lowest BCUT2D eigenvalue weighted by Crippen LogP contribution is -2.43. The van der Waals surface area contributed by atoms with Gasteiger partial charge in [-0.1, -0.05) is 13.8 Å². The minimum absolute atomic E-state index is 0.127. The monoisotopic (exact) mass is 336 g/mol. The molecule has 0 bridgehead atoms. The molecule has 0 atom stereocenters. The number of aryl methyl sites for hydroxylation is 1. The fraction of sp³-hybridized carbons (Fsp3) is 0.611. The van der Waals surface area contributed by atoms with Gasteiger partial charge in [0.05, 0.1) is 13.2 Å². The van der Waals surface area contributed by atoms with Crippen molar-refractivity contribution in [1.29, 1.82) is 0 Å². The van der Waals surface area contributed by atoms with Crippen molar-refractivity contribution in [1.82, 2.24) is 0 Å². The third kappa shape index (κ3) is 2.85. The number of hydrogen-bond donors (Lipinski definition) is 0. The molecular weight excluding hydrogens is 312 g/mol. The van der Waals surface area contributed by atoms with Crippen molar-refractivity contribution >= 4 is 11.9 Å². The molecule has 0 spiro atoms. The molecule has 1 aliphatic carbocycles. The molecule has 132 valence electrons. The lowest BCUT2D eigenvalue weighted by molar-refractivity contribution is -0.171. The highest BCUT2D eigenvalue weighted by Crippen LogP contribution is 2.42. The number of carbonyl (C=O) groups is 2. The predicted octanol–water partition coefficient (Wildman–Crippen LogP) is 1.98. The van der Waals surface area contributed by atoms with Crippen LogP contribution in [0.5, 0.6) is 0 Å². The van der Waals surface area contributed by atoms with E-state index in [9.17, 15) is 14.4 Å². The maximum Gasteiger partial charge on any atom is 0.339 e. The van der Waals surface area contributed by atoms with E-state index in [1.54, 1.807) is 13.8 Å². The van der Waals surface area contributed by atoms with E-state index in [2.05, 4.69) is 0 Å². The first-order valence-corrected chi connectivity index (χ1v) is 8.46. The van der Waals surface area contributed by atoms with Crippen molar-refractivity contribution in [2.24, 2.45) is 5.41 Å². The number of carbonyl (C=O) groups excluding carboxylic acids is 2. The first-order chi connectivity index (χ1) is 11.4. The number of fused-ring (bicyclic) bond motifs is 1. The standard InChI is InChI=1S/C18H24O6/c1-5-11-12-9-18(16(20)22-7-3,17(21)23-8-4)10-13(12)14(6-2)24-15(11)19/h5-10H2,1-4H3. The second-order valence-electron chi connectivity index (χ2n) is 5.83. The van der Waals surface area contributed by atoms with E-state index in [4.69, 9.17) is 13.9 Å². The second kappa shape index (κ2) is 7.20. The molecule has 0 N–H and O–H groups in total. The SMILES string of the molecule is CCOC(=O)C1(C(=O)OCC)Cc2c(CC)oc(=O)c(CC)c2C1. The summed E-state index contributed by atoms with van der Waals surface area (Å²) in [6.45, 7) is 7.47. The van der Waals surface area contributed by atoms with Gasteiger partial charge in [0.2, 0.25) is 0 Å². The van der Waals surface area contributed by atoms with E-state index >= 15 is 0 Å². The summed E-state index contributed by atoms with van der Waals surface area (Å²) in [5.74, 6) is -0.671. The summed E-state index contributed by atoms with van der Waals surface area (Å²) < 4.78 is 15.7. The molecule has 1 aromatic rings. The van der Waals surface area contributed by atoms with Crippen LogP contribution in [-0.4, -0.2) is 25.2 Å². The first-order valence-electron chi connectivity index (χ1n) is 8.46. The minimum Gasteiger partial charge on any atom is -0.465 e. The van der Waals surface area contributed by atoms with Gasteiger partial charge >= 0.3 is 17.6 Å². The summed E-state index contributed by atoms with van der Waals surface area (Å²) in [7, 11) is 0. The Morgan fingerprint density at radius 1 is 0.958 bits per heavy atom. The molecule has 1 heterocycles. The molecule has 0 radical (unpaired) electrons. The van der Waals surface area contributed by atoms with Gasteiger partial charge in [0.1, 0.15) is 5.76 Å². The van der Waals surface area contributed by atoms with Crippen molar-refractivity contribution in [3.63, 3.8) is 0 Å². The fourth-order valence-electron chi connectivity index (χ4n) is 3.35. The Hall–Kier alpha value is -2.11. The van der Waals surface area contributed by atoms with Crippen molar-refractivity contribution in [3.8, 4) is 0 Å². The molecule has 1 aliphatic rings. The lowest BCUT2D eigenvalue weighted by atomic mass is 9.84. The average molecular weight is 336 g/mol. The molecule has 0 aromatic carbocycles. The van der Waals surface area contributed by atoms with E-state index in [0.29, 0.717) is 24.2 Å². The fourth-order valence-corrected chi connectivity index (χ4v) is 3.35. The van der Waals surface area contributed by atoms with Gasteiger partial charge in [-0.25, -0.2) is 4.79 Å². The Labute approximate surface area is 141 Å². The zero-order valence-electron chi connectivity index (χ0n) is 14.7. The number of ether oxygens (including phenoxy) is 2. The molecule has 0 amide bonds. The van der Waals surface area contributed by atoms with Crippen molar-refractivity contribution < 1.29 is 23.5 Å². The van der Waals surface area contributed by atoms with Gasteiger partial charge in [-0.2, -0.15) is 0 Å². The molecule has 0 saturated carbocycles. The third-order valence-corrected chi connectivity index (χ3v) is 4.49. The average Bonchev–Trinajstić information content (AvgIpc) is 2.96. The Morgan fingerprint density at radius 3 is 1.96 bits per heavy atom. The summed E-state index contributed by atoms with van der Waals surface area (Å²) in [6, 6.07) is 0. The maximum absolute atomic E-state index is 12.6. The second-order valence-corrected chi connectivity index (χ2v) is 5.83. The first kappa shape index (κ1) is 18.2. The van der Waals surface area contributed by atoms with E-state index in [0.717, 1.165) is 11.1 Å². The number of esters is 2. The molecule has 6 heteroatoms. The van der Waals surface area contributed by atoms with Crippen LogP contribution >= 0.6 is 0 Å². The van der Waals surface area contributed by atoms with Crippen LogP contribution < -0.4 is 5.63 Å². The lowest BCUT2D eigenvalue weighted by Gasteiger charge is -2.24. The summed E-state index contributed by atoms with van der Waals surface area (Å²) in [5, 5.41) is 0. The smallest absolute Gasteiger partial charge is 0.339 e. The van der Waals surface area contributed by atoms with E-state index < -0.39 is 23.0 Å². The highest BCUT2D eigenvalue weighted by atomic mass is 16.6. The Bertz CT molecular complexity index is 682. The van der Waals surface area contributed by atoms with Gasteiger partial charge in [0.15, 0.2) is 5.41 Å². The molecule has 1 aromatic heterocycles. The van der Waals surface area contributed by atoms with E-state index in [-0.39, 0.29) is 26.1 Å². The van der Waals surface area contributed by atoms with Crippen LogP contribution in [0, 0.1) is 5.41 Å². The zero-order valence-corrected chi connectivity index (χ0v) is 14.7. The maximum atomic E-state index is 12.6. The van der Waals surface area contributed by atoms with Crippen molar-refractivity contribution in [2.75, 3.05) is 13.2 Å². The number of rotatable bonds is 6. The number of hydrogen-bond acceptors (Lipinski definition) is 6. The Morgan fingerprint density at radius 2 is 1.50 bits per heavy atom. The molecule has 0 aliphatic heterocycles. The van der Waals surface area contributed by atoms with Gasteiger partial charge < -0.3 is 13.9 Å². The molecule has 0 fully saturated rings. The van der Waals surface area contributed by atoms with Crippen LogP contribution in [-0.2, 0) is 44.7 Å². The van der Waals surface area contributed by atoms with Gasteiger partial charge in [-0.15, -0.1) is 0 Å². The molecule has 2 rings (SSSR count).